The van der Waals surface area contributed by atoms with Gasteiger partial charge in [0.1, 0.15) is 6.04 Å². The van der Waals surface area contributed by atoms with Crippen molar-refractivity contribution < 1.29 is 14.4 Å². The van der Waals surface area contributed by atoms with E-state index in [0.29, 0.717) is 20.6 Å². The normalized spacial score (nSPS) is 24.4. The first-order valence-electron chi connectivity index (χ1n) is 10.9. The molecule has 0 saturated carbocycles. The summed E-state index contributed by atoms with van der Waals surface area (Å²) < 4.78 is 0. The molecule has 6 nitrogen and oxygen atoms in total. The molecular weight excluding hydrogens is 509 g/mol. The van der Waals surface area contributed by atoms with Gasteiger partial charge in [-0.15, -0.1) is 0 Å². The highest BCUT2D eigenvalue weighted by Crippen LogP contribution is 2.53. The zero-order chi connectivity index (χ0) is 24.4. The maximum Gasteiger partial charge on any atom is 0.240 e. The van der Waals surface area contributed by atoms with E-state index in [2.05, 4.69) is 5.10 Å². The molecule has 0 radical (unpaired) electrons. The fraction of sp³-hybridized carbons (Fsp3) is 0.154. The number of hydrazone groups is 1. The Morgan fingerprint density at radius 3 is 2.17 bits per heavy atom. The van der Waals surface area contributed by atoms with E-state index >= 15 is 0 Å². The van der Waals surface area contributed by atoms with E-state index in [1.165, 1.54) is 18.2 Å². The van der Waals surface area contributed by atoms with Crippen molar-refractivity contribution in [1.82, 2.24) is 5.01 Å². The van der Waals surface area contributed by atoms with Gasteiger partial charge in [0.05, 0.1) is 29.8 Å². The number of imide groups is 1. The topological polar surface area (TPSA) is 70.0 Å². The minimum atomic E-state index is -0.966. The maximum absolute atomic E-state index is 13.8. The van der Waals surface area contributed by atoms with Crippen molar-refractivity contribution in [2.24, 2.45) is 16.9 Å². The van der Waals surface area contributed by atoms with Crippen LogP contribution in [0.3, 0.4) is 0 Å². The third-order valence-corrected chi connectivity index (χ3v) is 7.48. The van der Waals surface area contributed by atoms with Gasteiger partial charge in [-0.05, 0) is 53.6 Å². The average molecular weight is 525 g/mol. The van der Waals surface area contributed by atoms with Crippen molar-refractivity contribution in [3.63, 3.8) is 0 Å². The summed E-state index contributed by atoms with van der Waals surface area (Å²) in [5.74, 6) is -2.93. The van der Waals surface area contributed by atoms with Crippen LogP contribution in [0.1, 0.15) is 27.5 Å². The molecule has 3 heterocycles. The second kappa shape index (κ2) is 8.19. The van der Waals surface area contributed by atoms with E-state index in [0.717, 1.165) is 16.0 Å². The molecule has 0 aromatic heterocycles. The summed E-state index contributed by atoms with van der Waals surface area (Å²) in [5.41, 5.74) is 2.36. The van der Waals surface area contributed by atoms with E-state index in [1.54, 1.807) is 35.5 Å². The number of Topliss-reactive ketones (excluding diaryl/α,β-unsaturated/α-hetero) is 1. The Hall–Kier alpha value is -3.19. The van der Waals surface area contributed by atoms with Gasteiger partial charge in [0, 0.05) is 20.6 Å². The molecule has 35 heavy (non-hydrogen) atoms. The number of anilines is 1. The molecule has 2 fully saturated rings. The van der Waals surface area contributed by atoms with Crippen molar-refractivity contribution >= 4 is 64.3 Å². The zero-order valence-electron chi connectivity index (χ0n) is 17.9. The molecule has 9 heteroatoms. The highest BCUT2D eigenvalue weighted by atomic mass is 35.5. The van der Waals surface area contributed by atoms with E-state index in [9.17, 15) is 14.4 Å². The van der Waals surface area contributed by atoms with Crippen LogP contribution in [-0.2, 0) is 9.59 Å². The lowest BCUT2D eigenvalue weighted by Crippen LogP contribution is -2.44. The van der Waals surface area contributed by atoms with Gasteiger partial charge in [-0.1, -0.05) is 59.1 Å². The molecule has 0 bridgehead atoms. The highest BCUT2D eigenvalue weighted by Gasteiger charge is 2.65. The molecule has 3 aromatic carbocycles. The van der Waals surface area contributed by atoms with Crippen molar-refractivity contribution in [2.75, 3.05) is 4.90 Å². The molecule has 0 N–H and O–H groups in total. The number of fused-ring (bicyclic) bond motifs is 5. The third-order valence-electron chi connectivity index (χ3n) is 6.80. The molecule has 174 valence electrons. The zero-order valence-corrected chi connectivity index (χ0v) is 20.2. The van der Waals surface area contributed by atoms with Crippen LogP contribution >= 0.6 is 34.8 Å². The van der Waals surface area contributed by atoms with Crippen LogP contribution in [0.25, 0.3) is 0 Å². The fourth-order valence-electron chi connectivity index (χ4n) is 5.38. The summed E-state index contributed by atoms with van der Waals surface area (Å²) >= 11 is 18.4. The summed E-state index contributed by atoms with van der Waals surface area (Å²) in [5, 5.41) is 7.26. The number of halogens is 3. The molecule has 6 rings (SSSR count). The van der Waals surface area contributed by atoms with Gasteiger partial charge in [0.25, 0.3) is 0 Å². The van der Waals surface area contributed by atoms with Crippen LogP contribution in [0.5, 0.6) is 0 Å². The van der Waals surface area contributed by atoms with Gasteiger partial charge in [0.2, 0.25) is 11.8 Å². The molecule has 4 atom stereocenters. The third kappa shape index (κ3) is 3.39. The van der Waals surface area contributed by atoms with Crippen LogP contribution < -0.4 is 4.90 Å². The predicted octanol–water partition coefficient (Wildman–Crippen LogP) is 5.41. The number of nitrogens with zero attached hydrogens (tertiary/aromatic N) is 3. The number of hydrogen-bond acceptors (Lipinski definition) is 5. The number of amides is 2. The second-order valence-electron chi connectivity index (χ2n) is 8.71. The Labute approximate surface area is 215 Å². The first kappa shape index (κ1) is 22.3. The minimum Gasteiger partial charge on any atom is -0.292 e. The molecule has 3 aliphatic rings. The number of carbonyl (C=O) groups excluding carboxylic acids is 3. The summed E-state index contributed by atoms with van der Waals surface area (Å²) in [4.78, 5) is 42.6. The summed E-state index contributed by atoms with van der Waals surface area (Å²) in [6, 6.07) is 17.1. The average Bonchev–Trinajstić information content (AvgIpc) is 3.31. The Morgan fingerprint density at radius 2 is 1.46 bits per heavy atom. The van der Waals surface area contributed by atoms with Crippen molar-refractivity contribution in [3.05, 3.63) is 98.5 Å². The van der Waals surface area contributed by atoms with Crippen LogP contribution in [0.15, 0.2) is 71.8 Å². The first-order valence-corrected chi connectivity index (χ1v) is 12.0. The molecule has 2 amide bonds. The summed E-state index contributed by atoms with van der Waals surface area (Å²) in [6.45, 7) is 0. The SMILES string of the molecule is O=C(c1ccc(Cl)cc1)[C@@H]1[C@@H]2C(=O)N(c3cc(Cl)cc(Cl)c3)C(=O)[C@H]2[C@@H]2c3ccccc3C=NN12. The van der Waals surface area contributed by atoms with E-state index in [1.807, 2.05) is 24.3 Å². The Morgan fingerprint density at radius 1 is 0.800 bits per heavy atom. The first-order chi connectivity index (χ1) is 16.8. The molecule has 0 unspecified atom stereocenters. The number of rotatable bonds is 3. The van der Waals surface area contributed by atoms with E-state index < -0.39 is 35.7 Å². The Balaban J connectivity index is 1.50. The van der Waals surface area contributed by atoms with Crippen LogP contribution in [0.4, 0.5) is 5.69 Å². The number of carbonyl (C=O) groups is 3. The van der Waals surface area contributed by atoms with Gasteiger partial charge in [-0.25, -0.2) is 4.90 Å². The number of ketones is 1. The highest BCUT2D eigenvalue weighted by molar-refractivity contribution is 6.36. The van der Waals surface area contributed by atoms with Crippen molar-refractivity contribution in [3.8, 4) is 0 Å². The Kier molecular flexibility index (Phi) is 5.22. The molecule has 2 saturated heterocycles. The second-order valence-corrected chi connectivity index (χ2v) is 10.0. The molecule has 0 aliphatic carbocycles. The smallest absolute Gasteiger partial charge is 0.240 e. The molecule has 0 spiro atoms. The van der Waals surface area contributed by atoms with Gasteiger partial charge in [-0.3, -0.25) is 19.4 Å². The van der Waals surface area contributed by atoms with Crippen LogP contribution in [0, 0.1) is 11.8 Å². The largest absolute Gasteiger partial charge is 0.292 e. The quantitative estimate of drug-likeness (QED) is 0.339. The molecular formula is C26H16Cl3N3O3. The van der Waals surface area contributed by atoms with Crippen molar-refractivity contribution in [2.45, 2.75) is 12.1 Å². The standard InChI is InChI=1S/C26H16Cl3N3O3/c27-15-7-5-13(6-8-15)24(33)23-21-20(22-19-4-2-1-3-14(19)12-30-32(22)23)25(34)31(26(21)35)18-10-16(28)9-17(29)11-18/h1-12,20-23H/t20-,21-,22+,23+/m1/s1. The van der Waals surface area contributed by atoms with Gasteiger partial charge in [0.15, 0.2) is 5.78 Å². The lowest BCUT2D eigenvalue weighted by Gasteiger charge is -2.33. The predicted molar refractivity (Wildman–Crippen MR) is 134 cm³/mol. The fourth-order valence-corrected chi connectivity index (χ4v) is 6.02. The summed E-state index contributed by atoms with van der Waals surface area (Å²) in [6.07, 6.45) is 1.67. The number of benzene rings is 3. The lowest BCUT2D eigenvalue weighted by atomic mass is 9.83. The van der Waals surface area contributed by atoms with Gasteiger partial charge < -0.3 is 0 Å². The Bertz CT molecular complexity index is 1420. The lowest BCUT2D eigenvalue weighted by molar-refractivity contribution is -0.124. The molecule has 3 aliphatic heterocycles. The monoisotopic (exact) mass is 523 g/mol. The van der Waals surface area contributed by atoms with Crippen molar-refractivity contribution in [1.29, 1.82) is 0 Å². The number of hydrogen-bond donors (Lipinski definition) is 0. The van der Waals surface area contributed by atoms with E-state index in [-0.39, 0.29) is 11.5 Å². The minimum absolute atomic E-state index is 0.281. The van der Waals surface area contributed by atoms with Crippen LogP contribution in [-0.4, -0.2) is 34.9 Å². The maximum atomic E-state index is 13.8. The van der Waals surface area contributed by atoms with Gasteiger partial charge in [-0.2, -0.15) is 5.10 Å². The van der Waals surface area contributed by atoms with E-state index in [4.69, 9.17) is 34.8 Å². The summed E-state index contributed by atoms with van der Waals surface area (Å²) in [7, 11) is 0. The molecule has 3 aromatic rings. The van der Waals surface area contributed by atoms with Gasteiger partial charge >= 0.3 is 0 Å². The van der Waals surface area contributed by atoms with Crippen LogP contribution in [0.2, 0.25) is 15.1 Å².